The molecule has 1 amide bonds. The van der Waals surface area contributed by atoms with Gasteiger partial charge in [-0.25, -0.2) is 4.98 Å². The molecule has 2 heterocycles. The van der Waals surface area contributed by atoms with Crippen LogP contribution in [0.4, 0.5) is 0 Å². The van der Waals surface area contributed by atoms with Crippen LogP contribution >= 0.6 is 11.6 Å². The number of Topliss-reactive ketones (excluding diaryl/α,β-unsaturated/α-hetero) is 1. The van der Waals surface area contributed by atoms with E-state index in [1.165, 1.54) is 19.1 Å². The summed E-state index contributed by atoms with van der Waals surface area (Å²) in [5.74, 6) is -0.694. The standard InChI is InChI=1S/C25H24ClN3O5/c1-33-18-8-9-19(20(14-18)34-2)22-21(23(30)16-4-6-17(26)7-5-16)24(31)25(32)29(22)12-3-11-28-13-10-27-15-28/h4-10,13-15,22,30H,3,11-12H2,1-2H3/b23-21+. The van der Waals surface area contributed by atoms with E-state index in [9.17, 15) is 14.7 Å². The molecule has 1 saturated heterocycles. The number of hydrogen-bond acceptors (Lipinski definition) is 6. The molecule has 1 N–H and O–H groups in total. The van der Waals surface area contributed by atoms with Gasteiger partial charge in [0.05, 0.1) is 32.2 Å². The number of amides is 1. The van der Waals surface area contributed by atoms with E-state index in [1.807, 2.05) is 10.8 Å². The van der Waals surface area contributed by atoms with Gasteiger partial charge in [0.15, 0.2) is 0 Å². The van der Waals surface area contributed by atoms with Gasteiger partial charge in [0.2, 0.25) is 0 Å². The first-order valence-corrected chi connectivity index (χ1v) is 11.0. The van der Waals surface area contributed by atoms with Gasteiger partial charge in [0, 0.05) is 47.7 Å². The number of aromatic nitrogens is 2. The van der Waals surface area contributed by atoms with Gasteiger partial charge < -0.3 is 24.0 Å². The molecule has 176 valence electrons. The van der Waals surface area contributed by atoms with E-state index in [2.05, 4.69) is 4.98 Å². The van der Waals surface area contributed by atoms with Crippen molar-refractivity contribution in [3.63, 3.8) is 0 Å². The first kappa shape index (κ1) is 23.4. The lowest BCUT2D eigenvalue weighted by Gasteiger charge is -2.27. The quantitative estimate of drug-likeness (QED) is 0.296. The summed E-state index contributed by atoms with van der Waals surface area (Å²) in [5.41, 5.74) is 0.956. The van der Waals surface area contributed by atoms with Crippen molar-refractivity contribution in [2.45, 2.75) is 19.0 Å². The molecule has 0 bridgehead atoms. The molecule has 9 heteroatoms. The minimum Gasteiger partial charge on any atom is -0.507 e. The van der Waals surface area contributed by atoms with E-state index in [0.717, 1.165) is 0 Å². The van der Waals surface area contributed by atoms with Gasteiger partial charge in [-0.2, -0.15) is 0 Å². The number of carbonyl (C=O) groups is 2. The molecule has 8 nitrogen and oxygen atoms in total. The zero-order valence-corrected chi connectivity index (χ0v) is 19.5. The molecule has 0 saturated carbocycles. The Morgan fingerprint density at radius 2 is 1.85 bits per heavy atom. The number of nitrogens with zero attached hydrogens (tertiary/aromatic N) is 3. The average molecular weight is 482 g/mol. The lowest BCUT2D eigenvalue weighted by Crippen LogP contribution is -2.31. The van der Waals surface area contributed by atoms with Crippen LogP contribution in [-0.2, 0) is 16.1 Å². The van der Waals surface area contributed by atoms with Crippen LogP contribution in [0.2, 0.25) is 5.02 Å². The number of aliphatic hydroxyl groups is 1. The molecule has 3 aromatic rings. The Balaban J connectivity index is 1.79. The van der Waals surface area contributed by atoms with E-state index in [4.69, 9.17) is 21.1 Å². The zero-order chi connectivity index (χ0) is 24.2. The molecule has 1 unspecified atom stereocenters. The number of aryl methyl sites for hydroxylation is 1. The number of imidazole rings is 1. The number of hydrogen-bond donors (Lipinski definition) is 1. The van der Waals surface area contributed by atoms with Crippen molar-refractivity contribution in [3.05, 3.63) is 82.9 Å². The van der Waals surface area contributed by atoms with Crippen LogP contribution in [0.5, 0.6) is 11.5 Å². The highest BCUT2D eigenvalue weighted by atomic mass is 35.5. The van der Waals surface area contributed by atoms with Gasteiger partial charge in [0.1, 0.15) is 17.3 Å². The highest BCUT2D eigenvalue weighted by Gasteiger charge is 2.46. The Morgan fingerprint density at radius 1 is 1.09 bits per heavy atom. The van der Waals surface area contributed by atoms with Crippen molar-refractivity contribution in [2.75, 3.05) is 20.8 Å². The molecule has 2 aromatic carbocycles. The Morgan fingerprint density at radius 3 is 2.50 bits per heavy atom. The molecule has 1 aliphatic rings. The number of ether oxygens (including phenoxy) is 2. The largest absolute Gasteiger partial charge is 0.507 e. The molecule has 0 spiro atoms. The maximum absolute atomic E-state index is 13.2. The minimum absolute atomic E-state index is 0.00146. The number of methoxy groups -OCH3 is 2. The monoisotopic (exact) mass is 481 g/mol. The molecule has 1 fully saturated rings. The highest BCUT2D eigenvalue weighted by molar-refractivity contribution is 6.46. The second-order valence-corrected chi connectivity index (χ2v) is 8.20. The maximum Gasteiger partial charge on any atom is 0.295 e. The van der Waals surface area contributed by atoms with Crippen molar-refractivity contribution >= 4 is 29.1 Å². The predicted octanol–water partition coefficient (Wildman–Crippen LogP) is 4.07. The summed E-state index contributed by atoms with van der Waals surface area (Å²) in [7, 11) is 3.04. The number of halogens is 1. The molecule has 1 atom stereocenters. The van der Waals surface area contributed by atoms with E-state index in [1.54, 1.807) is 55.0 Å². The number of benzene rings is 2. The molecular formula is C25H24ClN3O5. The molecule has 1 aromatic heterocycles. The third kappa shape index (κ3) is 4.49. The Kier molecular flexibility index (Phi) is 6.88. The lowest BCUT2D eigenvalue weighted by molar-refractivity contribution is -0.140. The van der Waals surface area contributed by atoms with E-state index in [0.29, 0.717) is 47.2 Å². The van der Waals surface area contributed by atoms with Crippen LogP contribution in [0, 0.1) is 0 Å². The van der Waals surface area contributed by atoms with E-state index >= 15 is 0 Å². The number of rotatable bonds is 8. The van der Waals surface area contributed by atoms with Gasteiger partial charge in [-0.05, 0) is 42.8 Å². The van der Waals surface area contributed by atoms with Crippen molar-refractivity contribution in [3.8, 4) is 11.5 Å². The zero-order valence-electron chi connectivity index (χ0n) is 18.8. The molecule has 34 heavy (non-hydrogen) atoms. The Bertz CT molecular complexity index is 1220. The third-order valence-corrected chi connectivity index (χ3v) is 6.02. The summed E-state index contributed by atoms with van der Waals surface area (Å²) in [6.45, 7) is 0.909. The first-order valence-electron chi connectivity index (χ1n) is 10.7. The third-order valence-electron chi connectivity index (χ3n) is 5.77. The Hall–Kier alpha value is -3.78. The van der Waals surface area contributed by atoms with Gasteiger partial charge in [-0.1, -0.05) is 11.6 Å². The van der Waals surface area contributed by atoms with Gasteiger partial charge in [0.25, 0.3) is 11.7 Å². The number of ketones is 1. The highest BCUT2D eigenvalue weighted by Crippen LogP contribution is 2.43. The first-order chi connectivity index (χ1) is 16.4. The topological polar surface area (TPSA) is 93.9 Å². The van der Waals surface area contributed by atoms with Crippen LogP contribution in [0.15, 0.2) is 66.8 Å². The van der Waals surface area contributed by atoms with Gasteiger partial charge >= 0.3 is 0 Å². The summed E-state index contributed by atoms with van der Waals surface area (Å²) >= 11 is 5.98. The summed E-state index contributed by atoms with van der Waals surface area (Å²) in [6, 6.07) is 10.8. The summed E-state index contributed by atoms with van der Waals surface area (Å²) < 4.78 is 12.8. The fourth-order valence-electron chi connectivity index (χ4n) is 4.08. The molecule has 1 aliphatic heterocycles. The van der Waals surface area contributed by atoms with Gasteiger partial charge in [-0.3, -0.25) is 9.59 Å². The summed E-state index contributed by atoms with van der Waals surface area (Å²) in [6.07, 6.45) is 5.79. The number of carbonyl (C=O) groups excluding carboxylic acids is 2. The van der Waals surface area contributed by atoms with Crippen LogP contribution in [0.1, 0.15) is 23.6 Å². The minimum atomic E-state index is -0.834. The fraction of sp³-hybridized carbons (Fsp3) is 0.240. The van der Waals surface area contributed by atoms with Crippen LogP contribution in [0.3, 0.4) is 0 Å². The molecule has 0 aliphatic carbocycles. The van der Waals surface area contributed by atoms with Crippen molar-refractivity contribution in [1.82, 2.24) is 14.5 Å². The summed E-state index contributed by atoms with van der Waals surface area (Å²) in [4.78, 5) is 31.8. The van der Waals surface area contributed by atoms with Crippen LogP contribution < -0.4 is 9.47 Å². The smallest absolute Gasteiger partial charge is 0.295 e. The van der Waals surface area contributed by atoms with Crippen LogP contribution in [0.25, 0.3) is 5.76 Å². The van der Waals surface area contributed by atoms with E-state index in [-0.39, 0.29) is 11.3 Å². The second-order valence-electron chi connectivity index (χ2n) is 7.76. The maximum atomic E-state index is 13.2. The molecule has 4 rings (SSSR count). The SMILES string of the molecule is COc1ccc(C2/C(=C(\O)c3ccc(Cl)cc3)C(=O)C(=O)N2CCCn2ccnc2)c(OC)c1. The fourth-order valence-corrected chi connectivity index (χ4v) is 4.21. The molecule has 0 radical (unpaired) electrons. The second kappa shape index (κ2) is 10.0. The Labute approximate surface area is 202 Å². The molecular weight excluding hydrogens is 458 g/mol. The number of aliphatic hydroxyl groups excluding tert-OH is 1. The van der Waals surface area contributed by atoms with Crippen molar-refractivity contribution < 1.29 is 24.2 Å². The summed E-state index contributed by atoms with van der Waals surface area (Å²) in [5, 5.41) is 11.6. The average Bonchev–Trinajstić information content (AvgIpc) is 3.46. The van der Waals surface area contributed by atoms with E-state index < -0.39 is 17.7 Å². The van der Waals surface area contributed by atoms with Crippen molar-refractivity contribution in [2.24, 2.45) is 0 Å². The lowest BCUT2D eigenvalue weighted by atomic mass is 9.94. The van der Waals surface area contributed by atoms with Crippen LogP contribution in [-0.4, -0.2) is 52.0 Å². The van der Waals surface area contributed by atoms with Crippen molar-refractivity contribution in [1.29, 1.82) is 0 Å². The van der Waals surface area contributed by atoms with Gasteiger partial charge in [-0.15, -0.1) is 0 Å². The normalized spacial score (nSPS) is 17.3. The number of likely N-dealkylation sites (tertiary alicyclic amines) is 1. The predicted molar refractivity (Wildman–Crippen MR) is 127 cm³/mol.